The summed E-state index contributed by atoms with van der Waals surface area (Å²) in [7, 11) is 3.58. The number of hydrogen-bond acceptors (Lipinski definition) is 4. The maximum Gasteiger partial charge on any atom is 0.220 e. The van der Waals surface area contributed by atoms with Gasteiger partial charge in [0.25, 0.3) is 0 Å². The van der Waals surface area contributed by atoms with E-state index in [0.717, 1.165) is 41.3 Å². The van der Waals surface area contributed by atoms with Crippen LogP contribution in [0.3, 0.4) is 0 Å². The molecule has 3 rings (SSSR count). The van der Waals surface area contributed by atoms with Crippen molar-refractivity contribution in [2.75, 3.05) is 20.3 Å². The number of rotatable bonds is 6. The van der Waals surface area contributed by atoms with Gasteiger partial charge in [0.2, 0.25) is 5.91 Å². The number of amides is 1. The van der Waals surface area contributed by atoms with Gasteiger partial charge in [-0.15, -0.1) is 0 Å². The van der Waals surface area contributed by atoms with Gasteiger partial charge in [-0.3, -0.25) is 9.48 Å². The molecule has 1 atom stereocenters. The molecule has 1 aliphatic heterocycles. The molecule has 0 fully saturated rings. The Bertz CT molecular complexity index is 798. The summed E-state index contributed by atoms with van der Waals surface area (Å²) >= 11 is 0. The molecule has 1 aliphatic rings. The first-order chi connectivity index (χ1) is 12.5. The number of hydrogen-bond donors (Lipinski definition) is 1. The summed E-state index contributed by atoms with van der Waals surface area (Å²) in [6.45, 7) is 5.28. The molecule has 0 radical (unpaired) electrons. The Kier molecular flexibility index (Phi) is 5.49. The maximum absolute atomic E-state index is 12.2. The Hall–Kier alpha value is -2.50. The molecule has 26 heavy (non-hydrogen) atoms. The molecule has 6 heteroatoms. The fourth-order valence-electron chi connectivity index (χ4n) is 3.44. The maximum atomic E-state index is 12.2. The van der Waals surface area contributed by atoms with Gasteiger partial charge in [-0.1, -0.05) is 6.07 Å². The van der Waals surface area contributed by atoms with E-state index in [4.69, 9.17) is 9.47 Å². The molecule has 1 aromatic carbocycles. The van der Waals surface area contributed by atoms with E-state index in [9.17, 15) is 4.79 Å². The van der Waals surface area contributed by atoms with Gasteiger partial charge in [0, 0.05) is 37.7 Å². The highest BCUT2D eigenvalue weighted by atomic mass is 16.5. The summed E-state index contributed by atoms with van der Waals surface area (Å²) in [4.78, 5) is 12.2. The monoisotopic (exact) mass is 357 g/mol. The highest BCUT2D eigenvalue weighted by molar-refractivity contribution is 5.76. The van der Waals surface area contributed by atoms with E-state index in [2.05, 4.69) is 10.4 Å². The molecule has 1 amide bonds. The van der Waals surface area contributed by atoms with Crippen molar-refractivity contribution < 1.29 is 14.3 Å². The molecular formula is C20H27N3O3. The Balaban J connectivity index is 1.47. The quantitative estimate of drug-likeness (QED) is 0.862. The molecule has 0 bridgehead atoms. The fourth-order valence-corrected chi connectivity index (χ4v) is 3.44. The van der Waals surface area contributed by atoms with Crippen molar-refractivity contribution in [3.8, 4) is 11.5 Å². The second kappa shape index (κ2) is 7.81. The number of carbonyl (C=O) groups excluding carboxylic acids is 1. The third-order valence-electron chi connectivity index (χ3n) is 5.11. The van der Waals surface area contributed by atoms with Gasteiger partial charge in [-0.2, -0.15) is 5.10 Å². The molecule has 140 valence electrons. The lowest BCUT2D eigenvalue weighted by atomic mass is 9.96. The van der Waals surface area contributed by atoms with E-state index in [1.165, 1.54) is 5.56 Å². The number of benzene rings is 1. The number of methoxy groups -OCH3 is 1. The Morgan fingerprint density at radius 3 is 2.92 bits per heavy atom. The van der Waals surface area contributed by atoms with Gasteiger partial charge in [-0.25, -0.2) is 0 Å². The number of nitrogens with one attached hydrogen (secondary N) is 1. The number of ether oxygens (including phenoxy) is 2. The van der Waals surface area contributed by atoms with Crippen molar-refractivity contribution in [3.05, 3.63) is 40.7 Å². The van der Waals surface area contributed by atoms with Crippen LogP contribution in [0.5, 0.6) is 11.5 Å². The predicted molar refractivity (Wildman–Crippen MR) is 99.7 cm³/mol. The second-order valence-corrected chi connectivity index (χ2v) is 6.93. The number of nitrogens with zero attached hydrogens (tertiary/aromatic N) is 2. The first kappa shape index (κ1) is 18.3. The van der Waals surface area contributed by atoms with Crippen LogP contribution in [0.15, 0.2) is 18.2 Å². The van der Waals surface area contributed by atoms with Gasteiger partial charge >= 0.3 is 0 Å². The number of aryl methyl sites for hydroxylation is 2. The zero-order chi connectivity index (χ0) is 18.7. The smallest absolute Gasteiger partial charge is 0.220 e. The Morgan fingerprint density at radius 2 is 2.23 bits per heavy atom. The van der Waals surface area contributed by atoms with Gasteiger partial charge in [0.15, 0.2) is 0 Å². The van der Waals surface area contributed by atoms with Gasteiger partial charge in [0.05, 0.1) is 19.4 Å². The van der Waals surface area contributed by atoms with E-state index in [0.29, 0.717) is 25.5 Å². The first-order valence-electron chi connectivity index (χ1n) is 9.03. The third kappa shape index (κ3) is 4.00. The van der Waals surface area contributed by atoms with Crippen LogP contribution < -0.4 is 14.8 Å². The first-order valence-corrected chi connectivity index (χ1v) is 9.03. The zero-order valence-electron chi connectivity index (χ0n) is 16.0. The summed E-state index contributed by atoms with van der Waals surface area (Å²) in [5, 5.41) is 7.45. The molecule has 0 spiro atoms. The molecule has 1 N–H and O–H groups in total. The minimum atomic E-state index is 0.0770. The van der Waals surface area contributed by atoms with E-state index in [-0.39, 0.29) is 5.91 Å². The summed E-state index contributed by atoms with van der Waals surface area (Å²) in [5.41, 5.74) is 4.47. The molecular weight excluding hydrogens is 330 g/mol. The van der Waals surface area contributed by atoms with Crippen LogP contribution in [0, 0.1) is 19.8 Å². The predicted octanol–water partition coefficient (Wildman–Crippen LogP) is 2.35. The number of aromatic nitrogens is 2. The molecule has 0 saturated heterocycles. The van der Waals surface area contributed by atoms with Crippen molar-refractivity contribution in [2.45, 2.75) is 33.1 Å². The van der Waals surface area contributed by atoms with E-state index >= 15 is 0 Å². The summed E-state index contributed by atoms with van der Waals surface area (Å²) < 4.78 is 12.9. The van der Waals surface area contributed by atoms with Crippen LogP contribution in [0.25, 0.3) is 0 Å². The zero-order valence-corrected chi connectivity index (χ0v) is 16.0. The van der Waals surface area contributed by atoms with E-state index < -0.39 is 0 Å². The lowest BCUT2D eigenvalue weighted by Crippen LogP contribution is -2.34. The Labute approximate surface area is 154 Å². The van der Waals surface area contributed by atoms with Gasteiger partial charge < -0.3 is 14.8 Å². The molecule has 0 aliphatic carbocycles. The lowest BCUT2D eigenvalue weighted by molar-refractivity contribution is -0.121. The number of fused-ring (bicyclic) bond motifs is 1. The minimum Gasteiger partial charge on any atom is -0.497 e. The number of carbonyl (C=O) groups is 1. The fraction of sp³-hybridized carbons (Fsp3) is 0.500. The second-order valence-electron chi connectivity index (χ2n) is 6.93. The summed E-state index contributed by atoms with van der Waals surface area (Å²) in [6, 6.07) is 5.90. The molecule has 1 aromatic heterocycles. The summed E-state index contributed by atoms with van der Waals surface area (Å²) in [5.74, 6) is 2.06. The van der Waals surface area contributed by atoms with Crippen molar-refractivity contribution in [1.29, 1.82) is 0 Å². The Morgan fingerprint density at radius 1 is 1.42 bits per heavy atom. The van der Waals surface area contributed by atoms with Crippen molar-refractivity contribution >= 4 is 5.91 Å². The highest BCUT2D eigenvalue weighted by Gasteiger charge is 2.21. The van der Waals surface area contributed by atoms with E-state index in [1.807, 2.05) is 43.8 Å². The summed E-state index contributed by atoms with van der Waals surface area (Å²) in [6.07, 6.45) is 2.11. The topological polar surface area (TPSA) is 65.4 Å². The lowest BCUT2D eigenvalue weighted by Gasteiger charge is -2.25. The van der Waals surface area contributed by atoms with Gasteiger partial charge in [-0.05, 0) is 43.9 Å². The average Bonchev–Trinajstić information content (AvgIpc) is 2.89. The van der Waals surface area contributed by atoms with Crippen molar-refractivity contribution in [3.63, 3.8) is 0 Å². The minimum absolute atomic E-state index is 0.0770. The normalized spacial score (nSPS) is 15.9. The van der Waals surface area contributed by atoms with Gasteiger partial charge in [0.1, 0.15) is 11.5 Å². The molecule has 1 unspecified atom stereocenters. The van der Waals surface area contributed by atoms with Crippen LogP contribution in [0.2, 0.25) is 0 Å². The standard InChI is InChI=1S/C20H27N3O3/c1-13-18(14(2)23(3)22-13)7-8-20(24)21-11-15-9-16-5-6-17(25-4)10-19(16)26-12-15/h5-6,10,15H,7-9,11-12H2,1-4H3,(H,21,24). The largest absolute Gasteiger partial charge is 0.497 e. The van der Waals surface area contributed by atoms with Crippen LogP contribution in [-0.2, 0) is 24.7 Å². The molecule has 2 heterocycles. The van der Waals surface area contributed by atoms with Crippen molar-refractivity contribution in [2.24, 2.45) is 13.0 Å². The molecule has 0 saturated carbocycles. The van der Waals surface area contributed by atoms with Crippen LogP contribution in [0.4, 0.5) is 0 Å². The van der Waals surface area contributed by atoms with Crippen molar-refractivity contribution in [1.82, 2.24) is 15.1 Å². The van der Waals surface area contributed by atoms with Crippen LogP contribution in [-0.4, -0.2) is 35.9 Å². The van der Waals surface area contributed by atoms with E-state index in [1.54, 1.807) is 7.11 Å². The molecule has 2 aromatic rings. The average molecular weight is 357 g/mol. The molecule has 6 nitrogen and oxygen atoms in total. The highest BCUT2D eigenvalue weighted by Crippen LogP contribution is 2.30. The van der Waals surface area contributed by atoms with Crippen LogP contribution in [0.1, 0.15) is 28.9 Å². The van der Waals surface area contributed by atoms with Crippen LogP contribution >= 0.6 is 0 Å². The SMILES string of the molecule is COc1ccc2c(c1)OCC(CNC(=O)CCc1c(C)nn(C)c1C)C2. The third-order valence-corrected chi connectivity index (χ3v) is 5.11.